The van der Waals surface area contributed by atoms with Crippen LogP contribution in [0.2, 0.25) is 0 Å². The topological polar surface area (TPSA) is 67.4 Å². The van der Waals surface area contributed by atoms with Crippen molar-refractivity contribution >= 4 is 22.6 Å². The number of hydrazine groups is 1. The fraction of sp³-hybridized carbons (Fsp3) is 0.100. The van der Waals surface area contributed by atoms with Crippen LogP contribution >= 0.6 is 0 Å². The molecule has 2 N–H and O–H groups in total. The lowest BCUT2D eigenvalue weighted by molar-refractivity contribution is -0.129. The molecule has 0 fully saturated rings. The Labute approximate surface area is 145 Å². The van der Waals surface area contributed by atoms with E-state index in [4.69, 9.17) is 4.74 Å². The molecule has 25 heavy (non-hydrogen) atoms. The third-order valence-electron chi connectivity index (χ3n) is 3.69. The largest absolute Gasteiger partial charge is 0.484 e. The third kappa shape index (κ3) is 4.57. The molecule has 0 aliphatic carbocycles. The van der Waals surface area contributed by atoms with Crippen molar-refractivity contribution in [3.8, 4) is 5.75 Å². The minimum absolute atomic E-state index is 0.168. The average Bonchev–Trinajstić information content (AvgIpc) is 2.66. The van der Waals surface area contributed by atoms with E-state index >= 15 is 0 Å². The van der Waals surface area contributed by atoms with Gasteiger partial charge in [0, 0.05) is 0 Å². The van der Waals surface area contributed by atoms with E-state index in [1.54, 1.807) is 12.1 Å². The molecule has 2 amide bonds. The maximum atomic E-state index is 12.1. The second-order valence-electron chi connectivity index (χ2n) is 5.51. The van der Waals surface area contributed by atoms with Crippen molar-refractivity contribution in [3.63, 3.8) is 0 Å². The summed E-state index contributed by atoms with van der Waals surface area (Å²) in [7, 11) is 0. The number of ether oxygens (including phenoxy) is 1. The number of hydrogen-bond acceptors (Lipinski definition) is 3. The van der Waals surface area contributed by atoms with Crippen LogP contribution in [-0.4, -0.2) is 18.4 Å². The first-order valence-corrected chi connectivity index (χ1v) is 7.94. The number of benzene rings is 3. The van der Waals surface area contributed by atoms with Gasteiger partial charge in [-0.05, 0) is 28.5 Å². The van der Waals surface area contributed by atoms with Crippen LogP contribution in [0, 0.1) is 0 Å². The number of para-hydroxylation sites is 1. The zero-order valence-corrected chi connectivity index (χ0v) is 13.6. The van der Waals surface area contributed by atoms with Crippen molar-refractivity contribution in [3.05, 3.63) is 78.4 Å². The van der Waals surface area contributed by atoms with Gasteiger partial charge in [-0.1, -0.05) is 60.7 Å². The molecule has 0 saturated heterocycles. The summed E-state index contributed by atoms with van der Waals surface area (Å²) in [6.07, 6.45) is 0.182. The Morgan fingerprint density at radius 1 is 0.760 bits per heavy atom. The normalized spacial score (nSPS) is 10.2. The molecule has 5 heteroatoms. The Balaban J connectivity index is 1.50. The van der Waals surface area contributed by atoms with Crippen LogP contribution in [0.25, 0.3) is 10.8 Å². The van der Waals surface area contributed by atoms with Crippen LogP contribution in [0.5, 0.6) is 5.75 Å². The molecule has 0 aromatic heterocycles. The van der Waals surface area contributed by atoms with Gasteiger partial charge in [-0.2, -0.15) is 0 Å². The van der Waals surface area contributed by atoms with Crippen LogP contribution in [0.15, 0.2) is 72.8 Å². The standard InChI is InChI=1S/C20H18N2O3/c23-19(13-16-9-6-8-15-7-4-5-12-18(15)16)21-22-20(24)14-25-17-10-2-1-3-11-17/h1-12H,13-14H2,(H,21,23)(H,22,24). The molecule has 0 spiro atoms. The molecule has 0 radical (unpaired) electrons. The third-order valence-corrected chi connectivity index (χ3v) is 3.69. The zero-order chi connectivity index (χ0) is 17.5. The van der Waals surface area contributed by atoms with Crippen molar-refractivity contribution in [2.75, 3.05) is 6.61 Å². The SMILES string of the molecule is O=C(COc1ccccc1)NNC(=O)Cc1cccc2ccccc12. The van der Waals surface area contributed by atoms with E-state index in [0.717, 1.165) is 16.3 Å². The van der Waals surface area contributed by atoms with Gasteiger partial charge in [-0.15, -0.1) is 0 Å². The lowest BCUT2D eigenvalue weighted by atomic mass is 10.0. The lowest BCUT2D eigenvalue weighted by Crippen LogP contribution is -2.44. The van der Waals surface area contributed by atoms with E-state index in [1.165, 1.54) is 0 Å². The van der Waals surface area contributed by atoms with E-state index in [9.17, 15) is 9.59 Å². The predicted molar refractivity (Wildman–Crippen MR) is 95.9 cm³/mol. The highest BCUT2D eigenvalue weighted by atomic mass is 16.5. The van der Waals surface area contributed by atoms with Gasteiger partial charge in [0.15, 0.2) is 6.61 Å². The average molecular weight is 334 g/mol. The summed E-state index contributed by atoms with van der Waals surface area (Å²) in [4.78, 5) is 23.8. The number of fused-ring (bicyclic) bond motifs is 1. The Morgan fingerprint density at radius 2 is 1.44 bits per heavy atom. The van der Waals surface area contributed by atoms with Crippen molar-refractivity contribution in [2.24, 2.45) is 0 Å². The molecule has 126 valence electrons. The van der Waals surface area contributed by atoms with E-state index in [2.05, 4.69) is 10.9 Å². The first kappa shape index (κ1) is 16.5. The molecule has 0 atom stereocenters. The number of carbonyl (C=O) groups excluding carboxylic acids is 2. The van der Waals surface area contributed by atoms with Gasteiger partial charge in [0.25, 0.3) is 5.91 Å². The molecule has 0 bridgehead atoms. The molecule has 3 aromatic rings. The first-order valence-electron chi connectivity index (χ1n) is 7.94. The molecule has 3 aromatic carbocycles. The predicted octanol–water partition coefficient (Wildman–Crippen LogP) is 2.61. The molecule has 0 aliphatic heterocycles. The van der Waals surface area contributed by atoms with Crippen molar-refractivity contribution in [1.82, 2.24) is 10.9 Å². The van der Waals surface area contributed by atoms with Crippen LogP contribution < -0.4 is 15.6 Å². The van der Waals surface area contributed by atoms with E-state index in [1.807, 2.05) is 60.7 Å². The maximum Gasteiger partial charge on any atom is 0.276 e. The Bertz CT molecular complexity index is 873. The summed E-state index contributed by atoms with van der Waals surface area (Å²) in [6.45, 7) is -0.168. The van der Waals surface area contributed by atoms with Gasteiger partial charge in [-0.25, -0.2) is 0 Å². The smallest absolute Gasteiger partial charge is 0.276 e. The quantitative estimate of drug-likeness (QED) is 0.705. The van der Waals surface area contributed by atoms with Gasteiger partial charge in [0.05, 0.1) is 6.42 Å². The fourth-order valence-electron chi connectivity index (χ4n) is 2.50. The van der Waals surface area contributed by atoms with Gasteiger partial charge < -0.3 is 4.74 Å². The van der Waals surface area contributed by atoms with Gasteiger partial charge in [0.1, 0.15) is 5.75 Å². The van der Waals surface area contributed by atoms with Crippen LogP contribution in [0.3, 0.4) is 0 Å². The first-order chi connectivity index (χ1) is 12.2. The molecule has 0 aliphatic rings. The zero-order valence-electron chi connectivity index (χ0n) is 13.6. The molecule has 0 heterocycles. The molecule has 0 saturated carbocycles. The number of nitrogens with one attached hydrogen (secondary N) is 2. The van der Waals surface area contributed by atoms with Gasteiger partial charge >= 0.3 is 0 Å². The van der Waals surface area contributed by atoms with Crippen molar-refractivity contribution in [1.29, 1.82) is 0 Å². The summed E-state index contributed by atoms with van der Waals surface area (Å²) in [6, 6.07) is 22.7. The van der Waals surface area contributed by atoms with E-state index in [0.29, 0.717) is 5.75 Å². The summed E-state index contributed by atoms with van der Waals surface area (Å²) in [5.41, 5.74) is 5.68. The molecular weight excluding hydrogens is 316 g/mol. The highest BCUT2D eigenvalue weighted by Crippen LogP contribution is 2.18. The van der Waals surface area contributed by atoms with Crippen molar-refractivity contribution < 1.29 is 14.3 Å². The highest BCUT2D eigenvalue weighted by Gasteiger charge is 2.08. The minimum atomic E-state index is -0.421. The number of carbonyl (C=O) groups is 2. The second kappa shape index (κ2) is 7.97. The highest BCUT2D eigenvalue weighted by molar-refractivity contribution is 5.91. The van der Waals surface area contributed by atoms with Crippen LogP contribution in [0.4, 0.5) is 0 Å². The minimum Gasteiger partial charge on any atom is -0.484 e. The fourth-order valence-corrected chi connectivity index (χ4v) is 2.50. The van der Waals surface area contributed by atoms with Gasteiger partial charge in [-0.3, -0.25) is 20.4 Å². The maximum absolute atomic E-state index is 12.1. The van der Waals surface area contributed by atoms with Gasteiger partial charge in [0.2, 0.25) is 5.91 Å². The molecule has 0 unspecified atom stereocenters. The Hall–Kier alpha value is -3.34. The van der Waals surface area contributed by atoms with Crippen LogP contribution in [0.1, 0.15) is 5.56 Å². The van der Waals surface area contributed by atoms with Crippen LogP contribution in [-0.2, 0) is 16.0 Å². The number of hydrogen-bond donors (Lipinski definition) is 2. The number of amides is 2. The van der Waals surface area contributed by atoms with E-state index in [-0.39, 0.29) is 18.9 Å². The molecule has 5 nitrogen and oxygen atoms in total. The summed E-state index contributed by atoms with van der Waals surface area (Å²) in [5, 5.41) is 2.10. The Morgan fingerprint density at radius 3 is 2.28 bits per heavy atom. The monoisotopic (exact) mass is 334 g/mol. The summed E-state index contributed by atoms with van der Waals surface area (Å²) < 4.78 is 5.31. The molecular formula is C20H18N2O3. The van der Waals surface area contributed by atoms with Crippen molar-refractivity contribution in [2.45, 2.75) is 6.42 Å². The Kier molecular flexibility index (Phi) is 5.26. The summed E-state index contributed by atoms with van der Waals surface area (Å²) in [5.74, 6) is -0.112. The second-order valence-corrected chi connectivity index (χ2v) is 5.51. The number of rotatable bonds is 5. The lowest BCUT2D eigenvalue weighted by Gasteiger charge is -2.10. The van der Waals surface area contributed by atoms with E-state index < -0.39 is 5.91 Å². The summed E-state index contributed by atoms with van der Waals surface area (Å²) >= 11 is 0. The molecule has 3 rings (SSSR count).